The third kappa shape index (κ3) is 6.82. The number of ketones is 1. The number of carbonyl (C=O) groups excluding carboxylic acids is 1. The van der Waals surface area contributed by atoms with Crippen LogP contribution in [0.3, 0.4) is 0 Å². The van der Waals surface area contributed by atoms with Crippen LogP contribution in [0.4, 0.5) is 0 Å². The third-order valence-corrected chi connectivity index (χ3v) is 1.76. The molecule has 0 aromatic rings. The van der Waals surface area contributed by atoms with Crippen LogP contribution in [0.5, 0.6) is 0 Å². The van der Waals surface area contributed by atoms with Gasteiger partial charge in [-0.05, 0) is 11.8 Å². The monoisotopic (exact) mass is 211 g/mol. The minimum Gasteiger partial charge on any atom is -0.389 e. The molecule has 0 aliphatic heterocycles. The van der Waals surface area contributed by atoms with E-state index in [1.807, 2.05) is 13.8 Å². The van der Waals surface area contributed by atoms with E-state index in [1.54, 1.807) is 0 Å². The molecule has 4 heteroatoms. The van der Waals surface area contributed by atoms with Crippen LogP contribution >= 0.6 is 0 Å². The lowest BCUT2D eigenvalue weighted by Gasteiger charge is -2.06. The van der Waals surface area contributed by atoms with Crippen molar-refractivity contribution in [3.05, 3.63) is 11.9 Å². The fourth-order valence-corrected chi connectivity index (χ4v) is 1.04. The Hall–Kier alpha value is -1.19. The van der Waals surface area contributed by atoms with Crippen molar-refractivity contribution >= 4 is 5.78 Å². The van der Waals surface area contributed by atoms with Crippen LogP contribution in [-0.2, 0) is 4.79 Å². The molecule has 86 valence electrons. The SMILES string of the molecule is CC(C)CN/C=C(\N=N)C(=O)CC(C)C. The van der Waals surface area contributed by atoms with Gasteiger partial charge < -0.3 is 5.32 Å². The van der Waals surface area contributed by atoms with Gasteiger partial charge in [-0.3, -0.25) is 4.79 Å². The fraction of sp³-hybridized carbons (Fsp3) is 0.727. The average Bonchev–Trinajstić information content (AvgIpc) is 2.10. The van der Waals surface area contributed by atoms with Crippen molar-refractivity contribution < 1.29 is 4.79 Å². The standard InChI is InChI=1S/C11H21N3O/c1-8(2)5-11(15)10(14-12)7-13-6-9(3)4/h7-9,12-13H,5-6H2,1-4H3/b10-7-,14-12?. The summed E-state index contributed by atoms with van der Waals surface area (Å²) in [6, 6.07) is 0. The Kier molecular flexibility index (Phi) is 6.58. The normalized spacial score (nSPS) is 12.0. The molecular formula is C11H21N3O. The maximum Gasteiger partial charge on any atom is 0.184 e. The highest BCUT2D eigenvalue weighted by atomic mass is 16.1. The van der Waals surface area contributed by atoms with Crippen LogP contribution in [0, 0.1) is 17.4 Å². The predicted octanol–water partition coefficient (Wildman–Crippen LogP) is 2.72. The van der Waals surface area contributed by atoms with Crippen molar-refractivity contribution in [2.75, 3.05) is 6.54 Å². The van der Waals surface area contributed by atoms with Gasteiger partial charge >= 0.3 is 0 Å². The molecule has 0 spiro atoms. The molecule has 0 saturated carbocycles. The van der Waals surface area contributed by atoms with Gasteiger partial charge in [-0.2, -0.15) is 5.11 Å². The summed E-state index contributed by atoms with van der Waals surface area (Å²) in [5.41, 5.74) is 7.13. The van der Waals surface area contributed by atoms with Gasteiger partial charge in [-0.25, -0.2) is 5.53 Å². The molecule has 0 bridgehead atoms. The number of hydrogen-bond donors (Lipinski definition) is 2. The lowest BCUT2D eigenvalue weighted by molar-refractivity contribution is -0.116. The van der Waals surface area contributed by atoms with E-state index in [0.29, 0.717) is 18.3 Å². The highest BCUT2D eigenvalue weighted by Crippen LogP contribution is 2.07. The van der Waals surface area contributed by atoms with Gasteiger partial charge in [0.1, 0.15) is 5.70 Å². The lowest BCUT2D eigenvalue weighted by atomic mass is 10.1. The lowest BCUT2D eigenvalue weighted by Crippen LogP contribution is -2.15. The molecule has 0 amide bonds. The Balaban J connectivity index is 4.21. The second kappa shape index (κ2) is 7.15. The van der Waals surface area contributed by atoms with Crippen LogP contribution in [0.2, 0.25) is 0 Å². The molecule has 0 heterocycles. The van der Waals surface area contributed by atoms with Crippen LogP contribution in [0.15, 0.2) is 17.0 Å². The Morgan fingerprint density at radius 3 is 2.33 bits per heavy atom. The molecule has 0 aliphatic rings. The van der Waals surface area contributed by atoms with E-state index in [0.717, 1.165) is 6.54 Å². The summed E-state index contributed by atoms with van der Waals surface area (Å²) in [5, 5.41) is 6.23. The second-order valence-electron chi connectivity index (χ2n) is 4.46. The highest BCUT2D eigenvalue weighted by molar-refractivity contribution is 5.94. The maximum atomic E-state index is 11.5. The zero-order valence-corrected chi connectivity index (χ0v) is 10.0. The molecule has 15 heavy (non-hydrogen) atoms. The maximum absolute atomic E-state index is 11.5. The topological polar surface area (TPSA) is 65.3 Å². The molecule has 4 nitrogen and oxygen atoms in total. The van der Waals surface area contributed by atoms with E-state index in [9.17, 15) is 4.79 Å². The minimum atomic E-state index is -0.0729. The Morgan fingerprint density at radius 2 is 1.93 bits per heavy atom. The number of rotatable bonds is 7. The van der Waals surface area contributed by atoms with Crippen molar-refractivity contribution in [2.24, 2.45) is 17.0 Å². The van der Waals surface area contributed by atoms with Crippen molar-refractivity contribution in [1.29, 1.82) is 5.53 Å². The smallest absolute Gasteiger partial charge is 0.184 e. The average molecular weight is 211 g/mol. The molecule has 0 saturated heterocycles. The van der Waals surface area contributed by atoms with Gasteiger partial charge in [0.15, 0.2) is 5.78 Å². The number of carbonyl (C=O) groups is 1. The quantitative estimate of drug-likeness (QED) is 0.502. The molecule has 2 N–H and O–H groups in total. The molecule has 0 atom stereocenters. The number of nitrogens with zero attached hydrogens (tertiary/aromatic N) is 1. The molecule has 0 aromatic carbocycles. The first-order valence-corrected chi connectivity index (χ1v) is 5.31. The number of nitrogens with one attached hydrogen (secondary N) is 2. The van der Waals surface area contributed by atoms with E-state index in [1.165, 1.54) is 6.20 Å². The van der Waals surface area contributed by atoms with E-state index in [-0.39, 0.29) is 11.5 Å². The molecule has 0 unspecified atom stereocenters. The van der Waals surface area contributed by atoms with E-state index < -0.39 is 0 Å². The zero-order chi connectivity index (χ0) is 11.8. The minimum absolute atomic E-state index is 0.0729. The molecule has 0 fully saturated rings. The first-order valence-electron chi connectivity index (χ1n) is 5.31. The van der Waals surface area contributed by atoms with Crippen molar-refractivity contribution in [2.45, 2.75) is 34.1 Å². The first-order chi connectivity index (χ1) is 6.97. The van der Waals surface area contributed by atoms with Gasteiger partial charge in [0.05, 0.1) is 0 Å². The summed E-state index contributed by atoms with van der Waals surface area (Å²) in [7, 11) is 0. The van der Waals surface area contributed by atoms with Gasteiger partial charge in [-0.1, -0.05) is 27.7 Å². The third-order valence-electron chi connectivity index (χ3n) is 1.76. The predicted molar refractivity (Wildman–Crippen MR) is 60.5 cm³/mol. The first kappa shape index (κ1) is 13.8. The molecule has 0 aliphatic carbocycles. The summed E-state index contributed by atoms with van der Waals surface area (Å²) < 4.78 is 0. The van der Waals surface area contributed by atoms with Crippen molar-refractivity contribution in [1.82, 2.24) is 5.32 Å². The van der Waals surface area contributed by atoms with Gasteiger partial charge in [0, 0.05) is 19.2 Å². The van der Waals surface area contributed by atoms with Gasteiger partial charge in [0.2, 0.25) is 0 Å². The molecule has 0 aromatic heterocycles. The van der Waals surface area contributed by atoms with Crippen LogP contribution in [0.25, 0.3) is 0 Å². The van der Waals surface area contributed by atoms with Crippen molar-refractivity contribution in [3.63, 3.8) is 0 Å². The largest absolute Gasteiger partial charge is 0.389 e. The van der Waals surface area contributed by atoms with E-state index in [4.69, 9.17) is 5.53 Å². The van der Waals surface area contributed by atoms with Gasteiger partial charge in [-0.15, -0.1) is 0 Å². The molecule has 0 radical (unpaired) electrons. The van der Waals surface area contributed by atoms with E-state index in [2.05, 4.69) is 24.3 Å². The van der Waals surface area contributed by atoms with E-state index >= 15 is 0 Å². The van der Waals surface area contributed by atoms with Crippen LogP contribution in [0.1, 0.15) is 34.1 Å². The Labute approximate surface area is 91.6 Å². The zero-order valence-electron chi connectivity index (χ0n) is 10.0. The van der Waals surface area contributed by atoms with Crippen molar-refractivity contribution in [3.8, 4) is 0 Å². The molecular weight excluding hydrogens is 190 g/mol. The van der Waals surface area contributed by atoms with Crippen LogP contribution < -0.4 is 5.32 Å². The summed E-state index contributed by atoms with van der Waals surface area (Å²) >= 11 is 0. The second-order valence-corrected chi connectivity index (χ2v) is 4.46. The highest BCUT2D eigenvalue weighted by Gasteiger charge is 2.10. The number of allylic oxidation sites excluding steroid dienone is 1. The summed E-state index contributed by atoms with van der Waals surface area (Å²) in [6.07, 6.45) is 1.98. The number of hydrogen-bond acceptors (Lipinski definition) is 4. The fourth-order valence-electron chi connectivity index (χ4n) is 1.04. The van der Waals surface area contributed by atoms with Gasteiger partial charge in [0.25, 0.3) is 0 Å². The summed E-state index contributed by atoms with van der Waals surface area (Å²) in [6.45, 7) is 8.89. The Morgan fingerprint density at radius 1 is 1.33 bits per heavy atom. The summed E-state index contributed by atoms with van der Waals surface area (Å²) in [5.74, 6) is 0.734. The van der Waals surface area contributed by atoms with Crippen LogP contribution in [-0.4, -0.2) is 12.3 Å². The summed E-state index contributed by atoms with van der Waals surface area (Å²) in [4.78, 5) is 11.5. The number of Topliss-reactive ketones (excluding diaryl/α,β-unsaturated/α-hetero) is 1. The Bertz CT molecular complexity index is 244. The molecule has 0 rings (SSSR count).